The zero-order chi connectivity index (χ0) is 15.6. The van der Waals surface area contributed by atoms with Crippen LogP contribution >= 0.6 is 0 Å². The third kappa shape index (κ3) is 2.91. The molecule has 110 valence electrons. The van der Waals surface area contributed by atoms with Crippen molar-refractivity contribution >= 4 is 5.69 Å². The first-order chi connectivity index (χ1) is 9.93. The molecule has 0 spiro atoms. The van der Waals surface area contributed by atoms with Crippen molar-refractivity contribution in [1.82, 2.24) is 9.55 Å². The van der Waals surface area contributed by atoms with E-state index in [1.165, 1.54) is 18.5 Å². The highest BCUT2D eigenvalue weighted by molar-refractivity contribution is 5.41. The molecule has 21 heavy (non-hydrogen) atoms. The van der Waals surface area contributed by atoms with Gasteiger partial charge in [0.1, 0.15) is 5.75 Å². The largest absolute Gasteiger partial charge is 0.496 e. The van der Waals surface area contributed by atoms with Crippen molar-refractivity contribution in [3.8, 4) is 5.75 Å². The Morgan fingerprint density at radius 2 is 2.14 bits per heavy atom. The Morgan fingerprint density at radius 1 is 1.43 bits per heavy atom. The molecule has 0 bridgehead atoms. The summed E-state index contributed by atoms with van der Waals surface area (Å²) in [6.45, 7) is 4.10. The maximum absolute atomic E-state index is 11.4. The number of methoxy groups -OCH3 is 1. The number of pyridine rings is 2. The smallest absolute Gasteiger partial charge is 0.332 e. The molecule has 7 heteroatoms. The van der Waals surface area contributed by atoms with Crippen LogP contribution in [-0.4, -0.2) is 21.6 Å². The van der Waals surface area contributed by atoms with E-state index >= 15 is 0 Å². The standard InChI is InChI=1S/C14H15N3O4/c1-9-6-15-11(10(2)14(9)21-3)7-16-5-4-13(18)12(8-16)17(19)20/h4-6,8H,7H2,1-3H3. The van der Waals surface area contributed by atoms with Crippen LogP contribution in [0.3, 0.4) is 0 Å². The minimum absolute atomic E-state index is 0.323. The molecule has 0 aromatic carbocycles. The number of ether oxygens (including phenoxy) is 1. The summed E-state index contributed by atoms with van der Waals surface area (Å²) in [6.07, 6.45) is 4.41. The van der Waals surface area contributed by atoms with Gasteiger partial charge in [-0.1, -0.05) is 0 Å². The van der Waals surface area contributed by atoms with E-state index in [0.717, 1.165) is 22.6 Å². The molecule has 2 heterocycles. The van der Waals surface area contributed by atoms with Crippen LogP contribution in [0.1, 0.15) is 16.8 Å². The van der Waals surface area contributed by atoms with Crippen molar-refractivity contribution in [2.24, 2.45) is 0 Å². The van der Waals surface area contributed by atoms with Crippen LogP contribution in [0.5, 0.6) is 5.75 Å². The molecule has 2 aromatic rings. The Morgan fingerprint density at radius 3 is 2.76 bits per heavy atom. The predicted molar refractivity (Wildman–Crippen MR) is 76.7 cm³/mol. The van der Waals surface area contributed by atoms with E-state index in [1.54, 1.807) is 17.9 Å². The van der Waals surface area contributed by atoms with Gasteiger partial charge in [-0.15, -0.1) is 0 Å². The number of rotatable bonds is 4. The molecule has 0 fully saturated rings. The highest BCUT2D eigenvalue weighted by Gasteiger charge is 2.14. The van der Waals surface area contributed by atoms with Gasteiger partial charge in [-0.3, -0.25) is 19.9 Å². The Bertz CT molecular complexity index is 752. The van der Waals surface area contributed by atoms with Crippen LogP contribution in [0, 0.1) is 24.0 Å². The summed E-state index contributed by atoms with van der Waals surface area (Å²) < 4.78 is 6.89. The quantitative estimate of drug-likeness (QED) is 0.633. The fraction of sp³-hybridized carbons (Fsp3) is 0.286. The van der Waals surface area contributed by atoms with Gasteiger partial charge in [0, 0.05) is 29.6 Å². The van der Waals surface area contributed by atoms with Crippen LogP contribution in [-0.2, 0) is 6.54 Å². The topological polar surface area (TPSA) is 87.3 Å². The highest BCUT2D eigenvalue weighted by Crippen LogP contribution is 2.24. The van der Waals surface area contributed by atoms with Crippen LogP contribution < -0.4 is 10.2 Å². The van der Waals surface area contributed by atoms with E-state index in [4.69, 9.17) is 4.74 Å². The lowest BCUT2D eigenvalue weighted by molar-refractivity contribution is -0.386. The average molecular weight is 289 g/mol. The number of nitro groups is 1. The lowest BCUT2D eigenvalue weighted by Gasteiger charge is -2.13. The summed E-state index contributed by atoms with van der Waals surface area (Å²) in [7, 11) is 1.59. The first-order valence-electron chi connectivity index (χ1n) is 6.27. The molecular weight excluding hydrogens is 274 g/mol. The van der Waals surface area contributed by atoms with Crippen molar-refractivity contribution in [2.75, 3.05) is 7.11 Å². The Labute approximate surface area is 121 Å². The number of nitrogens with zero attached hydrogens (tertiary/aromatic N) is 3. The van der Waals surface area contributed by atoms with Crippen molar-refractivity contribution in [3.63, 3.8) is 0 Å². The predicted octanol–water partition coefficient (Wildman–Crippen LogP) is 1.83. The van der Waals surface area contributed by atoms with Gasteiger partial charge in [-0.25, -0.2) is 0 Å². The van der Waals surface area contributed by atoms with E-state index in [9.17, 15) is 14.9 Å². The van der Waals surface area contributed by atoms with Crippen LogP contribution in [0.25, 0.3) is 0 Å². The van der Waals surface area contributed by atoms with E-state index < -0.39 is 16.0 Å². The van der Waals surface area contributed by atoms with E-state index in [2.05, 4.69) is 4.98 Å². The minimum Gasteiger partial charge on any atom is -0.496 e. The molecule has 7 nitrogen and oxygen atoms in total. The van der Waals surface area contributed by atoms with Crippen molar-refractivity contribution in [3.05, 3.63) is 61.8 Å². The van der Waals surface area contributed by atoms with Gasteiger partial charge in [0.25, 0.3) is 5.43 Å². The highest BCUT2D eigenvalue weighted by atomic mass is 16.6. The van der Waals surface area contributed by atoms with Crippen LogP contribution in [0.15, 0.2) is 29.5 Å². The molecule has 0 N–H and O–H groups in total. The lowest BCUT2D eigenvalue weighted by Crippen LogP contribution is -2.12. The summed E-state index contributed by atoms with van der Waals surface area (Å²) in [5.41, 5.74) is 1.47. The molecule has 0 amide bonds. The number of hydrogen-bond donors (Lipinski definition) is 0. The Balaban J connectivity index is 2.41. The number of aromatic nitrogens is 2. The molecule has 0 aliphatic rings. The van der Waals surface area contributed by atoms with Gasteiger partial charge < -0.3 is 9.30 Å². The Kier molecular flexibility index (Phi) is 4.02. The molecule has 0 aliphatic carbocycles. The number of aryl methyl sites for hydroxylation is 1. The monoisotopic (exact) mass is 289 g/mol. The molecule has 0 aliphatic heterocycles. The van der Waals surface area contributed by atoms with Crippen LogP contribution in [0.4, 0.5) is 5.69 Å². The molecule has 2 rings (SSSR count). The maximum atomic E-state index is 11.4. The molecule has 2 aromatic heterocycles. The van der Waals surface area contributed by atoms with Gasteiger partial charge in [-0.05, 0) is 13.8 Å². The third-order valence-corrected chi connectivity index (χ3v) is 3.24. The third-order valence-electron chi connectivity index (χ3n) is 3.24. The summed E-state index contributed by atoms with van der Waals surface area (Å²) in [5.74, 6) is 0.746. The Hall–Kier alpha value is -2.70. The minimum atomic E-state index is -0.686. The lowest BCUT2D eigenvalue weighted by atomic mass is 10.1. The molecule has 0 radical (unpaired) electrons. The second-order valence-corrected chi connectivity index (χ2v) is 4.67. The van der Waals surface area contributed by atoms with Crippen molar-refractivity contribution < 1.29 is 9.66 Å². The van der Waals surface area contributed by atoms with Crippen molar-refractivity contribution in [1.29, 1.82) is 0 Å². The summed E-state index contributed by atoms with van der Waals surface area (Å²) in [6, 6.07) is 1.18. The zero-order valence-corrected chi connectivity index (χ0v) is 12.0. The molecular formula is C14H15N3O4. The van der Waals surface area contributed by atoms with E-state index in [0.29, 0.717) is 6.54 Å². The average Bonchev–Trinajstić information content (AvgIpc) is 2.44. The summed E-state index contributed by atoms with van der Waals surface area (Å²) in [4.78, 5) is 25.8. The van der Waals surface area contributed by atoms with Gasteiger partial charge in [-0.2, -0.15) is 0 Å². The summed E-state index contributed by atoms with van der Waals surface area (Å²) in [5, 5.41) is 10.8. The second kappa shape index (κ2) is 5.74. The normalized spacial score (nSPS) is 10.4. The van der Waals surface area contributed by atoms with E-state index in [1.807, 2.05) is 13.8 Å². The fourth-order valence-electron chi connectivity index (χ4n) is 2.15. The van der Waals surface area contributed by atoms with Crippen molar-refractivity contribution in [2.45, 2.75) is 20.4 Å². The SMILES string of the molecule is COc1c(C)cnc(Cn2ccc(=O)c([N+](=O)[O-])c2)c1C. The zero-order valence-electron chi connectivity index (χ0n) is 12.0. The molecule has 0 unspecified atom stereocenters. The second-order valence-electron chi connectivity index (χ2n) is 4.67. The van der Waals surface area contributed by atoms with Gasteiger partial charge >= 0.3 is 5.69 Å². The first kappa shape index (κ1) is 14.7. The van der Waals surface area contributed by atoms with Crippen LogP contribution in [0.2, 0.25) is 0 Å². The first-order valence-corrected chi connectivity index (χ1v) is 6.27. The van der Waals surface area contributed by atoms with Gasteiger partial charge in [0.2, 0.25) is 0 Å². The van der Waals surface area contributed by atoms with E-state index in [-0.39, 0.29) is 0 Å². The molecule has 0 saturated heterocycles. The summed E-state index contributed by atoms with van der Waals surface area (Å²) >= 11 is 0. The molecule has 0 atom stereocenters. The maximum Gasteiger partial charge on any atom is 0.332 e. The van der Waals surface area contributed by atoms with Gasteiger partial charge in [0.15, 0.2) is 0 Å². The number of hydrogen-bond acceptors (Lipinski definition) is 5. The molecule has 0 saturated carbocycles. The van der Waals surface area contributed by atoms with Gasteiger partial charge in [0.05, 0.1) is 30.5 Å². The fourth-order valence-corrected chi connectivity index (χ4v) is 2.15.